The van der Waals surface area contributed by atoms with Crippen LogP contribution in [0.4, 0.5) is 0 Å². The topological polar surface area (TPSA) is 70.1 Å². The van der Waals surface area contributed by atoms with Gasteiger partial charge in [-0.2, -0.15) is 0 Å². The van der Waals surface area contributed by atoms with Crippen molar-refractivity contribution in [1.29, 1.82) is 0 Å². The number of nitrogens with zero attached hydrogens (tertiary/aromatic N) is 2. The van der Waals surface area contributed by atoms with Crippen molar-refractivity contribution in [2.45, 2.75) is 12.5 Å². The molecule has 0 aliphatic carbocycles. The fourth-order valence-corrected chi connectivity index (χ4v) is 4.27. The zero-order valence-corrected chi connectivity index (χ0v) is 17.9. The lowest BCUT2D eigenvalue weighted by molar-refractivity contribution is -0.140. The Morgan fingerprint density at radius 3 is 2.35 bits per heavy atom. The molecule has 2 heterocycles. The molecule has 162 valence electrons. The summed E-state index contributed by atoms with van der Waals surface area (Å²) in [4.78, 5) is 29.8. The summed E-state index contributed by atoms with van der Waals surface area (Å²) in [5, 5.41) is 11.5. The maximum absolute atomic E-state index is 13.0. The Bertz CT molecular complexity index is 969. The van der Waals surface area contributed by atoms with Crippen molar-refractivity contribution in [2.24, 2.45) is 0 Å². The Labute approximate surface area is 186 Å². The molecule has 0 aromatic heterocycles. The summed E-state index contributed by atoms with van der Waals surface area (Å²) in [5.74, 6) is -1.42. The van der Waals surface area contributed by atoms with E-state index >= 15 is 0 Å². The maximum atomic E-state index is 13.0. The molecule has 6 nitrogen and oxygen atoms in total. The van der Waals surface area contributed by atoms with Crippen LogP contribution in [0.3, 0.4) is 0 Å². The van der Waals surface area contributed by atoms with Crippen LogP contribution in [0.1, 0.15) is 23.6 Å². The van der Waals surface area contributed by atoms with Crippen molar-refractivity contribution >= 4 is 29.1 Å². The van der Waals surface area contributed by atoms with Gasteiger partial charge >= 0.3 is 0 Å². The first kappa shape index (κ1) is 21.6. The molecule has 0 spiro atoms. The fourth-order valence-electron chi connectivity index (χ4n) is 4.15. The fraction of sp³-hybridized carbons (Fsp3) is 0.333. The van der Waals surface area contributed by atoms with Crippen molar-refractivity contribution in [2.75, 3.05) is 39.4 Å². The van der Waals surface area contributed by atoms with Crippen LogP contribution in [0.5, 0.6) is 0 Å². The summed E-state index contributed by atoms with van der Waals surface area (Å²) in [6.07, 6.45) is 0.733. The van der Waals surface area contributed by atoms with Gasteiger partial charge in [-0.25, -0.2) is 0 Å². The number of aliphatic hydroxyl groups excluding tert-OH is 1. The highest BCUT2D eigenvalue weighted by atomic mass is 35.5. The molecular formula is C24H25ClN2O4. The van der Waals surface area contributed by atoms with E-state index in [-0.39, 0.29) is 11.3 Å². The number of amides is 1. The van der Waals surface area contributed by atoms with Crippen molar-refractivity contribution in [3.63, 3.8) is 0 Å². The normalized spacial score (nSPS) is 21.6. The lowest BCUT2D eigenvalue weighted by Gasteiger charge is -2.29. The number of hydrogen-bond acceptors (Lipinski definition) is 5. The second kappa shape index (κ2) is 9.64. The number of likely N-dealkylation sites (tertiary alicyclic amines) is 1. The van der Waals surface area contributed by atoms with Gasteiger partial charge in [-0.1, -0.05) is 41.9 Å². The van der Waals surface area contributed by atoms with Gasteiger partial charge in [0.2, 0.25) is 0 Å². The zero-order valence-electron chi connectivity index (χ0n) is 17.2. The van der Waals surface area contributed by atoms with Crippen LogP contribution in [0.2, 0.25) is 5.02 Å². The molecule has 2 aromatic rings. The monoisotopic (exact) mass is 440 g/mol. The molecule has 2 aromatic carbocycles. The molecule has 31 heavy (non-hydrogen) atoms. The van der Waals surface area contributed by atoms with Crippen molar-refractivity contribution in [3.8, 4) is 0 Å². The minimum atomic E-state index is -0.660. The van der Waals surface area contributed by atoms with E-state index in [1.165, 1.54) is 0 Å². The van der Waals surface area contributed by atoms with Gasteiger partial charge in [0.25, 0.3) is 11.7 Å². The van der Waals surface area contributed by atoms with Gasteiger partial charge < -0.3 is 14.7 Å². The zero-order chi connectivity index (χ0) is 21.8. The maximum Gasteiger partial charge on any atom is 0.295 e. The standard InChI is InChI=1S/C24H25ClN2O4/c25-19-9-7-18(8-10-19)22(28)20-21(17-5-2-1-3-6-17)27(24(30)23(20)29)12-4-11-26-13-15-31-16-14-26/h1-3,5-10,21,28H,4,11-16H2/t21-/m0/s1. The van der Waals surface area contributed by atoms with Gasteiger partial charge in [0, 0.05) is 36.8 Å². The van der Waals surface area contributed by atoms with Crippen molar-refractivity contribution in [1.82, 2.24) is 9.80 Å². The van der Waals surface area contributed by atoms with Gasteiger partial charge in [-0.05, 0) is 36.2 Å². The van der Waals surface area contributed by atoms with E-state index in [0.29, 0.717) is 17.1 Å². The largest absolute Gasteiger partial charge is 0.507 e. The number of ketones is 1. The molecule has 1 atom stereocenters. The summed E-state index contributed by atoms with van der Waals surface area (Å²) >= 11 is 5.96. The second-order valence-electron chi connectivity index (χ2n) is 7.72. The number of Topliss-reactive ketones (excluding diaryl/α,β-unsaturated/α-hetero) is 1. The first-order valence-electron chi connectivity index (χ1n) is 10.5. The van der Waals surface area contributed by atoms with E-state index in [2.05, 4.69) is 4.90 Å². The number of morpholine rings is 1. The molecule has 2 aliphatic heterocycles. The molecule has 0 saturated carbocycles. The number of aliphatic hydroxyl groups is 1. The minimum Gasteiger partial charge on any atom is -0.507 e. The number of hydrogen-bond donors (Lipinski definition) is 1. The quantitative estimate of drug-likeness (QED) is 0.423. The highest BCUT2D eigenvalue weighted by molar-refractivity contribution is 6.46. The highest BCUT2D eigenvalue weighted by Crippen LogP contribution is 2.39. The molecule has 0 bridgehead atoms. The average Bonchev–Trinajstić information content (AvgIpc) is 3.05. The number of carbonyl (C=O) groups is 2. The van der Waals surface area contributed by atoms with Crippen molar-refractivity contribution in [3.05, 3.63) is 76.3 Å². The van der Waals surface area contributed by atoms with Crippen LogP contribution in [0.15, 0.2) is 60.2 Å². The molecule has 2 aliphatic rings. The third-order valence-corrected chi connectivity index (χ3v) is 6.00. The molecule has 2 saturated heterocycles. The number of carbonyl (C=O) groups excluding carboxylic acids is 2. The molecule has 0 radical (unpaired) electrons. The van der Waals surface area contributed by atoms with Crippen LogP contribution in [-0.4, -0.2) is 66.0 Å². The van der Waals surface area contributed by atoms with Gasteiger partial charge in [-0.3, -0.25) is 14.5 Å². The molecular weight excluding hydrogens is 416 g/mol. The smallest absolute Gasteiger partial charge is 0.295 e. The molecule has 4 rings (SSSR count). The van der Waals surface area contributed by atoms with Crippen LogP contribution < -0.4 is 0 Å². The second-order valence-corrected chi connectivity index (χ2v) is 8.15. The Hall–Kier alpha value is -2.67. The van der Waals surface area contributed by atoms with Gasteiger partial charge in [-0.15, -0.1) is 0 Å². The van der Waals surface area contributed by atoms with Gasteiger partial charge in [0.15, 0.2) is 0 Å². The lowest BCUT2D eigenvalue weighted by Crippen LogP contribution is -2.38. The molecule has 1 amide bonds. The number of ether oxygens (including phenoxy) is 1. The number of rotatable bonds is 6. The third kappa shape index (κ3) is 4.66. The summed E-state index contributed by atoms with van der Waals surface area (Å²) in [7, 11) is 0. The summed E-state index contributed by atoms with van der Waals surface area (Å²) < 4.78 is 5.38. The number of benzene rings is 2. The lowest BCUT2D eigenvalue weighted by atomic mass is 9.95. The highest BCUT2D eigenvalue weighted by Gasteiger charge is 2.45. The summed E-state index contributed by atoms with van der Waals surface area (Å²) in [6, 6.07) is 15.3. The van der Waals surface area contributed by atoms with E-state index in [9.17, 15) is 14.7 Å². The predicted octanol–water partition coefficient (Wildman–Crippen LogP) is 3.48. The third-order valence-electron chi connectivity index (χ3n) is 5.75. The van der Waals surface area contributed by atoms with Gasteiger partial charge in [0.1, 0.15) is 5.76 Å². The summed E-state index contributed by atoms with van der Waals surface area (Å²) in [6.45, 7) is 4.43. The van der Waals surface area contributed by atoms with Gasteiger partial charge in [0.05, 0.1) is 24.8 Å². The average molecular weight is 441 g/mol. The van der Waals surface area contributed by atoms with Crippen LogP contribution >= 0.6 is 11.6 Å². The van der Waals surface area contributed by atoms with E-state index in [0.717, 1.165) is 44.8 Å². The van der Waals surface area contributed by atoms with E-state index in [1.807, 2.05) is 30.3 Å². The Morgan fingerprint density at radius 1 is 1.00 bits per heavy atom. The minimum absolute atomic E-state index is 0.116. The van der Waals surface area contributed by atoms with Crippen LogP contribution in [0, 0.1) is 0 Å². The van der Waals surface area contributed by atoms with Crippen molar-refractivity contribution < 1.29 is 19.4 Å². The van der Waals surface area contributed by atoms with Crippen LogP contribution in [-0.2, 0) is 14.3 Å². The SMILES string of the molecule is O=C1C(=O)N(CCCN2CCOCC2)[C@@H](c2ccccc2)C1=C(O)c1ccc(Cl)cc1. The van der Waals surface area contributed by atoms with Crippen LogP contribution in [0.25, 0.3) is 5.76 Å². The molecule has 1 N–H and O–H groups in total. The van der Waals surface area contributed by atoms with E-state index in [4.69, 9.17) is 16.3 Å². The van der Waals surface area contributed by atoms with E-state index in [1.54, 1.807) is 29.2 Å². The Kier molecular flexibility index (Phi) is 6.70. The van der Waals surface area contributed by atoms with E-state index < -0.39 is 17.7 Å². The molecule has 2 fully saturated rings. The molecule has 0 unspecified atom stereocenters. The first-order valence-corrected chi connectivity index (χ1v) is 10.8. The Morgan fingerprint density at radius 2 is 1.68 bits per heavy atom. The Balaban J connectivity index is 1.64. The first-order chi connectivity index (χ1) is 15.1. The molecule has 7 heteroatoms. The number of halogens is 1. The summed E-state index contributed by atoms with van der Waals surface area (Å²) in [5.41, 5.74) is 1.37. The predicted molar refractivity (Wildman–Crippen MR) is 119 cm³/mol.